The molecule has 1 unspecified atom stereocenters. The average molecular weight is 415 g/mol. The molecule has 29 heavy (non-hydrogen) atoms. The predicted octanol–water partition coefficient (Wildman–Crippen LogP) is 3.44. The highest BCUT2D eigenvalue weighted by molar-refractivity contribution is 7.10. The molecule has 1 amide bonds. The number of nitrogens with zero attached hydrogens (tertiary/aromatic N) is 2. The van der Waals surface area contributed by atoms with E-state index in [4.69, 9.17) is 4.74 Å². The molecule has 2 aromatic rings. The summed E-state index contributed by atoms with van der Waals surface area (Å²) in [5.41, 5.74) is 1.51. The van der Waals surface area contributed by atoms with Crippen LogP contribution in [-0.4, -0.2) is 60.9 Å². The number of aliphatic hydroxyl groups is 1. The van der Waals surface area contributed by atoms with Crippen molar-refractivity contribution in [3.05, 3.63) is 57.3 Å². The fourth-order valence-corrected chi connectivity index (χ4v) is 4.64. The largest absolute Gasteiger partial charge is 0.507 e. The number of benzene rings is 1. The molecule has 7 heteroatoms. The summed E-state index contributed by atoms with van der Waals surface area (Å²) in [4.78, 5) is 30.4. The van der Waals surface area contributed by atoms with Crippen LogP contribution < -0.4 is 4.74 Å². The maximum Gasteiger partial charge on any atom is 0.295 e. The van der Waals surface area contributed by atoms with Crippen LogP contribution in [-0.2, 0) is 9.59 Å². The van der Waals surface area contributed by atoms with Crippen LogP contribution >= 0.6 is 11.3 Å². The smallest absolute Gasteiger partial charge is 0.295 e. The van der Waals surface area contributed by atoms with Gasteiger partial charge in [-0.3, -0.25) is 9.59 Å². The Morgan fingerprint density at radius 2 is 1.97 bits per heavy atom. The summed E-state index contributed by atoms with van der Waals surface area (Å²) in [5, 5.41) is 13.0. The highest BCUT2D eigenvalue weighted by Crippen LogP contribution is 2.43. The predicted molar refractivity (Wildman–Crippen MR) is 114 cm³/mol. The van der Waals surface area contributed by atoms with Gasteiger partial charge in [0.2, 0.25) is 0 Å². The third-order valence-corrected chi connectivity index (χ3v) is 6.13. The maximum absolute atomic E-state index is 13.0. The van der Waals surface area contributed by atoms with Gasteiger partial charge in [-0.05, 0) is 63.1 Å². The Morgan fingerprint density at radius 1 is 1.24 bits per heavy atom. The van der Waals surface area contributed by atoms with Crippen molar-refractivity contribution in [2.75, 3.05) is 34.3 Å². The maximum atomic E-state index is 13.0. The van der Waals surface area contributed by atoms with Crippen LogP contribution in [0.1, 0.15) is 28.5 Å². The van der Waals surface area contributed by atoms with E-state index in [0.717, 1.165) is 23.4 Å². The minimum Gasteiger partial charge on any atom is -0.507 e. The number of aryl methyl sites for hydroxylation is 1. The second-order valence-electron chi connectivity index (χ2n) is 7.32. The van der Waals surface area contributed by atoms with Crippen molar-refractivity contribution in [2.24, 2.45) is 0 Å². The molecule has 0 aliphatic carbocycles. The highest BCUT2D eigenvalue weighted by atomic mass is 32.1. The molecule has 3 rings (SSSR count). The Morgan fingerprint density at radius 3 is 2.59 bits per heavy atom. The first kappa shape index (κ1) is 21.1. The number of Topliss-reactive ketones (excluding diaryl/α,β-unsaturated/α-hetero) is 1. The summed E-state index contributed by atoms with van der Waals surface area (Å²) in [7, 11) is 5.44. The van der Waals surface area contributed by atoms with E-state index in [1.807, 2.05) is 37.4 Å². The number of ketones is 1. The Bertz CT molecular complexity index is 948. The molecule has 1 aromatic heterocycles. The standard InChI is InChI=1S/C22H26N2O4S/c1-14-10-13-29-21(14)18-17(19(25)15-8-5-6-9-16(15)28-4)20(26)22(27)24(18)12-7-11-23(2)3/h5-6,8-10,13,18,25H,7,11-12H2,1-4H3/b19-17+. The lowest BCUT2D eigenvalue weighted by Crippen LogP contribution is -2.32. The van der Waals surface area contributed by atoms with Gasteiger partial charge in [0, 0.05) is 11.4 Å². The third-order valence-electron chi connectivity index (χ3n) is 5.06. The van der Waals surface area contributed by atoms with Gasteiger partial charge in [-0.2, -0.15) is 0 Å². The summed E-state index contributed by atoms with van der Waals surface area (Å²) in [6.45, 7) is 3.19. The molecule has 1 aliphatic heterocycles. The molecule has 1 saturated heterocycles. The molecule has 154 valence electrons. The molecule has 6 nitrogen and oxygen atoms in total. The number of carbonyl (C=O) groups excluding carboxylic acids is 2. The van der Waals surface area contributed by atoms with Gasteiger partial charge in [-0.25, -0.2) is 0 Å². The molecular weight excluding hydrogens is 388 g/mol. The first-order chi connectivity index (χ1) is 13.9. The van der Waals surface area contributed by atoms with Crippen molar-refractivity contribution in [3.63, 3.8) is 0 Å². The number of thiophene rings is 1. The molecule has 1 aliphatic rings. The van der Waals surface area contributed by atoms with E-state index < -0.39 is 17.7 Å². The second kappa shape index (κ2) is 8.80. The van der Waals surface area contributed by atoms with E-state index in [-0.39, 0.29) is 11.3 Å². The van der Waals surface area contributed by atoms with Crippen LogP contribution in [0.5, 0.6) is 5.75 Å². The molecule has 1 aromatic carbocycles. The lowest BCUT2D eigenvalue weighted by molar-refractivity contribution is -0.139. The van der Waals surface area contributed by atoms with Gasteiger partial charge in [0.25, 0.3) is 11.7 Å². The van der Waals surface area contributed by atoms with E-state index >= 15 is 0 Å². The number of hydrogen-bond donors (Lipinski definition) is 1. The fourth-order valence-electron chi connectivity index (χ4n) is 3.59. The van der Waals surface area contributed by atoms with Crippen molar-refractivity contribution in [1.29, 1.82) is 0 Å². The van der Waals surface area contributed by atoms with Crippen molar-refractivity contribution < 1.29 is 19.4 Å². The molecule has 1 atom stereocenters. The summed E-state index contributed by atoms with van der Waals surface area (Å²) >= 11 is 1.49. The van der Waals surface area contributed by atoms with E-state index in [0.29, 0.717) is 17.9 Å². The molecule has 0 radical (unpaired) electrons. The van der Waals surface area contributed by atoms with Gasteiger partial charge < -0.3 is 19.6 Å². The van der Waals surface area contributed by atoms with Gasteiger partial charge in [0.15, 0.2) is 0 Å². The minimum atomic E-state index is -0.656. The Kier molecular flexibility index (Phi) is 6.39. The summed E-state index contributed by atoms with van der Waals surface area (Å²) in [6, 6.07) is 8.32. The zero-order valence-corrected chi connectivity index (χ0v) is 18.0. The van der Waals surface area contributed by atoms with Gasteiger partial charge in [0.05, 0.1) is 24.3 Å². The summed E-state index contributed by atoms with van der Waals surface area (Å²) in [5.74, 6) is -0.978. The fraction of sp³-hybridized carbons (Fsp3) is 0.364. The van der Waals surface area contributed by atoms with Crippen LogP contribution in [0.2, 0.25) is 0 Å². The van der Waals surface area contributed by atoms with Gasteiger partial charge in [0.1, 0.15) is 11.5 Å². The van der Waals surface area contributed by atoms with Gasteiger partial charge >= 0.3 is 0 Å². The first-order valence-electron chi connectivity index (χ1n) is 9.47. The van der Waals surface area contributed by atoms with Gasteiger partial charge in [-0.15, -0.1) is 11.3 Å². The number of para-hydroxylation sites is 1. The van der Waals surface area contributed by atoms with Crippen LogP contribution in [0.4, 0.5) is 0 Å². The first-order valence-corrected chi connectivity index (χ1v) is 10.3. The van der Waals surface area contributed by atoms with E-state index in [2.05, 4.69) is 0 Å². The number of rotatable bonds is 7. The molecule has 1 fully saturated rings. The Labute approximate surface area is 175 Å². The monoisotopic (exact) mass is 414 g/mol. The number of methoxy groups -OCH3 is 1. The molecule has 1 N–H and O–H groups in total. The Hall–Kier alpha value is -2.64. The Balaban J connectivity index is 2.12. The number of likely N-dealkylation sites (tertiary alicyclic amines) is 1. The number of ether oxygens (including phenoxy) is 1. The number of carbonyl (C=O) groups is 2. The molecular formula is C22H26N2O4S. The van der Waals surface area contributed by atoms with E-state index in [1.165, 1.54) is 18.4 Å². The zero-order chi connectivity index (χ0) is 21.1. The van der Waals surface area contributed by atoms with E-state index in [1.54, 1.807) is 29.2 Å². The van der Waals surface area contributed by atoms with Crippen molar-refractivity contribution in [1.82, 2.24) is 9.80 Å². The van der Waals surface area contributed by atoms with Crippen LogP contribution in [0, 0.1) is 6.92 Å². The normalized spacial score (nSPS) is 18.7. The van der Waals surface area contributed by atoms with Crippen LogP contribution in [0.15, 0.2) is 41.3 Å². The summed E-state index contributed by atoms with van der Waals surface area (Å²) in [6.07, 6.45) is 0.732. The van der Waals surface area contributed by atoms with Crippen molar-refractivity contribution in [2.45, 2.75) is 19.4 Å². The lowest BCUT2D eigenvalue weighted by atomic mass is 9.98. The zero-order valence-electron chi connectivity index (χ0n) is 17.1. The van der Waals surface area contributed by atoms with Crippen LogP contribution in [0.3, 0.4) is 0 Å². The SMILES string of the molecule is COc1ccccc1/C(O)=C1\C(=O)C(=O)N(CCCN(C)C)C1c1sccc1C. The van der Waals surface area contributed by atoms with Gasteiger partial charge in [-0.1, -0.05) is 12.1 Å². The number of hydrogen-bond acceptors (Lipinski definition) is 6. The third kappa shape index (κ3) is 4.06. The summed E-state index contributed by atoms with van der Waals surface area (Å²) < 4.78 is 5.35. The topological polar surface area (TPSA) is 70.1 Å². The van der Waals surface area contributed by atoms with Crippen LogP contribution in [0.25, 0.3) is 5.76 Å². The minimum absolute atomic E-state index is 0.120. The molecule has 0 saturated carbocycles. The lowest BCUT2D eigenvalue weighted by Gasteiger charge is -2.25. The molecule has 0 spiro atoms. The van der Waals surface area contributed by atoms with E-state index in [9.17, 15) is 14.7 Å². The quantitative estimate of drug-likeness (QED) is 0.427. The molecule has 2 heterocycles. The van der Waals surface area contributed by atoms with Crippen molar-refractivity contribution >= 4 is 28.8 Å². The number of aliphatic hydroxyl groups excluding tert-OH is 1. The average Bonchev–Trinajstić information content (AvgIpc) is 3.23. The second-order valence-corrected chi connectivity index (χ2v) is 8.27. The highest BCUT2D eigenvalue weighted by Gasteiger charge is 2.47. The van der Waals surface area contributed by atoms with Crippen molar-refractivity contribution in [3.8, 4) is 5.75 Å². The molecule has 0 bridgehead atoms. The number of amides is 1.